The average molecular weight is 192 g/mol. The molecule has 0 saturated heterocycles. The Bertz CT molecular complexity index is 249. The SMILES string of the molecule is C=CC(C)C(C)C(C)C1(C)C=C1CC. The number of hydrogen-bond acceptors (Lipinski definition) is 0. The molecule has 0 amide bonds. The van der Waals surface area contributed by atoms with Crippen LogP contribution in [0.2, 0.25) is 0 Å². The van der Waals surface area contributed by atoms with Gasteiger partial charge < -0.3 is 0 Å². The van der Waals surface area contributed by atoms with E-state index in [4.69, 9.17) is 0 Å². The van der Waals surface area contributed by atoms with Gasteiger partial charge in [-0.1, -0.05) is 52.3 Å². The van der Waals surface area contributed by atoms with Gasteiger partial charge in [0.2, 0.25) is 0 Å². The van der Waals surface area contributed by atoms with Gasteiger partial charge in [-0.15, -0.1) is 6.58 Å². The quantitative estimate of drug-likeness (QED) is 0.565. The Hall–Kier alpha value is -0.520. The largest absolute Gasteiger partial charge is 0.103 e. The molecule has 0 aromatic carbocycles. The van der Waals surface area contributed by atoms with E-state index in [9.17, 15) is 0 Å². The maximum absolute atomic E-state index is 3.89. The second-order valence-electron chi connectivity index (χ2n) is 5.05. The Labute approximate surface area is 89.1 Å². The van der Waals surface area contributed by atoms with Crippen LogP contribution in [-0.2, 0) is 0 Å². The van der Waals surface area contributed by atoms with E-state index in [1.807, 2.05) is 0 Å². The second kappa shape index (κ2) is 3.92. The monoisotopic (exact) mass is 192 g/mol. The van der Waals surface area contributed by atoms with E-state index in [2.05, 4.69) is 53.3 Å². The summed E-state index contributed by atoms with van der Waals surface area (Å²) in [7, 11) is 0. The van der Waals surface area contributed by atoms with Crippen molar-refractivity contribution < 1.29 is 0 Å². The molecule has 0 heterocycles. The Morgan fingerprint density at radius 3 is 2.36 bits per heavy atom. The first-order valence-corrected chi connectivity index (χ1v) is 5.82. The Kier molecular flexibility index (Phi) is 3.24. The van der Waals surface area contributed by atoms with Gasteiger partial charge in [0.1, 0.15) is 0 Å². The van der Waals surface area contributed by atoms with E-state index in [0.717, 1.165) is 11.8 Å². The summed E-state index contributed by atoms with van der Waals surface area (Å²) in [4.78, 5) is 0. The lowest BCUT2D eigenvalue weighted by molar-refractivity contribution is 0.234. The van der Waals surface area contributed by atoms with Crippen molar-refractivity contribution in [3.05, 3.63) is 24.3 Å². The van der Waals surface area contributed by atoms with Crippen molar-refractivity contribution in [1.82, 2.24) is 0 Å². The van der Waals surface area contributed by atoms with Gasteiger partial charge in [-0.25, -0.2) is 0 Å². The molecule has 0 fully saturated rings. The highest BCUT2D eigenvalue weighted by Crippen LogP contribution is 2.54. The van der Waals surface area contributed by atoms with Crippen LogP contribution < -0.4 is 0 Å². The summed E-state index contributed by atoms with van der Waals surface area (Å²) < 4.78 is 0. The van der Waals surface area contributed by atoms with Crippen molar-refractivity contribution in [2.75, 3.05) is 0 Å². The molecule has 0 radical (unpaired) electrons. The highest BCUT2D eigenvalue weighted by molar-refractivity contribution is 5.38. The summed E-state index contributed by atoms with van der Waals surface area (Å²) in [6, 6.07) is 0. The zero-order valence-corrected chi connectivity index (χ0v) is 10.3. The molecule has 1 rings (SSSR count). The Morgan fingerprint density at radius 1 is 1.43 bits per heavy atom. The second-order valence-corrected chi connectivity index (χ2v) is 5.05. The molecule has 1 aliphatic rings. The van der Waals surface area contributed by atoms with Crippen LogP contribution in [0.4, 0.5) is 0 Å². The van der Waals surface area contributed by atoms with E-state index in [0.29, 0.717) is 11.3 Å². The molecule has 1 aliphatic carbocycles. The van der Waals surface area contributed by atoms with Gasteiger partial charge in [0, 0.05) is 5.41 Å². The molecular weight excluding hydrogens is 168 g/mol. The minimum absolute atomic E-state index is 0.422. The summed E-state index contributed by atoms with van der Waals surface area (Å²) in [5.41, 5.74) is 2.07. The fourth-order valence-corrected chi connectivity index (χ4v) is 2.45. The van der Waals surface area contributed by atoms with Crippen molar-refractivity contribution >= 4 is 0 Å². The topological polar surface area (TPSA) is 0 Å². The third-order valence-corrected chi connectivity index (χ3v) is 4.40. The zero-order chi connectivity index (χ0) is 10.9. The normalized spacial score (nSPS) is 31.6. The van der Waals surface area contributed by atoms with Crippen LogP contribution in [0, 0.1) is 23.2 Å². The van der Waals surface area contributed by atoms with Crippen LogP contribution >= 0.6 is 0 Å². The lowest BCUT2D eigenvalue weighted by atomic mass is 9.74. The fourth-order valence-electron chi connectivity index (χ4n) is 2.45. The van der Waals surface area contributed by atoms with Crippen molar-refractivity contribution in [2.45, 2.75) is 41.0 Å². The van der Waals surface area contributed by atoms with E-state index in [1.54, 1.807) is 5.57 Å². The van der Waals surface area contributed by atoms with Crippen LogP contribution in [0.15, 0.2) is 24.3 Å². The Balaban J connectivity index is 2.59. The van der Waals surface area contributed by atoms with Gasteiger partial charge >= 0.3 is 0 Å². The summed E-state index contributed by atoms with van der Waals surface area (Å²) in [6.07, 6.45) is 5.75. The van der Waals surface area contributed by atoms with E-state index < -0.39 is 0 Å². The predicted molar refractivity (Wildman–Crippen MR) is 64.2 cm³/mol. The van der Waals surface area contributed by atoms with E-state index in [-0.39, 0.29) is 0 Å². The minimum Gasteiger partial charge on any atom is -0.103 e. The molecular formula is C14H24. The summed E-state index contributed by atoms with van der Waals surface area (Å²) in [6.45, 7) is 15.5. The number of allylic oxidation sites excluding steroid dienone is 3. The summed E-state index contributed by atoms with van der Waals surface area (Å²) in [5, 5.41) is 0. The van der Waals surface area contributed by atoms with Crippen molar-refractivity contribution in [3.63, 3.8) is 0 Å². The van der Waals surface area contributed by atoms with Crippen LogP contribution in [0.25, 0.3) is 0 Å². The molecule has 80 valence electrons. The van der Waals surface area contributed by atoms with Gasteiger partial charge in [-0.3, -0.25) is 0 Å². The smallest absolute Gasteiger partial charge is 0.00939 e. The van der Waals surface area contributed by atoms with Crippen molar-refractivity contribution in [1.29, 1.82) is 0 Å². The van der Waals surface area contributed by atoms with Gasteiger partial charge in [0.25, 0.3) is 0 Å². The fraction of sp³-hybridized carbons (Fsp3) is 0.714. The summed E-state index contributed by atoms with van der Waals surface area (Å²) in [5.74, 6) is 2.08. The molecule has 14 heavy (non-hydrogen) atoms. The number of hydrogen-bond donors (Lipinski definition) is 0. The molecule has 0 nitrogen and oxygen atoms in total. The summed E-state index contributed by atoms with van der Waals surface area (Å²) >= 11 is 0. The van der Waals surface area contributed by atoms with Crippen LogP contribution in [-0.4, -0.2) is 0 Å². The molecule has 4 atom stereocenters. The molecule has 0 aromatic rings. The molecule has 0 saturated carbocycles. The predicted octanol–water partition coefficient (Wildman–Crippen LogP) is 4.44. The highest BCUT2D eigenvalue weighted by Gasteiger charge is 2.44. The Morgan fingerprint density at radius 2 is 2.00 bits per heavy atom. The molecule has 0 spiro atoms. The van der Waals surface area contributed by atoms with Crippen LogP contribution in [0.5, 0.6) is 0 Å². The van der Waals surface area contributed by atoms with Gasteiger partial charge in [-0.2, -0.15) is 0 Å². The number of rotatable bonds is 5. The third kappa shape index (κ3) is 1.80. The lowest BCUT2D eigenvalue weighted by Crippen LogP contribution is -2.24. The first kappa shape index (κ1) is 11.6. The van der Waals surface area contributed by atoms with Crippen LogP contribution in [0.1, 0.15) is 41.0 Å². The van der Waals surface area contributed by atoms with Crippen LogP contribution in [0.3, 0.4) is 0 Å². The first-order valence-electron chi connectivity index (χ1n) is 5.82. The highest BCUT2D eigenvalue weighted by atomic mass is 14.5. The van der Waals surface area contributed by atoms with E-state index in [1.165, 1.54) is 6.42 Å². The maximum atomic E-state index is 3.89. The first-order chi connectivity index (χ1) is 6.47. The lowest BCUT2D eigenvalue weighted by Gasteiger charge is -2.30. The molecule has 0 heteroatoms. The van der Waals surface area contributed by atoms with Crippen molar-refractivity contribution in [2.24, 2.45) is 23.2 Å². The molecule has 0 N–H and O–H groups in total. The minimum atomic E-state index is 0.422. The average Bonchev–Trinajstić information content (AvgIpc) is 2.87. The van der Waals surface area contributed by atoms with Gasteiger partial charge in [0.05, 0.1) is 0 Å². The van der Waals surface area contributed by atoms with Crippen molar-refractivity contribution in [3.8, 4) is 0 Å². The molecule has 0 aromatic heterocycles. The molecule has 0 aliphatic heterocycles. The van der Waals surface area contributed by atoms with E-state index >= 15 is 0 Å². The molecule has 0 bridgehead atoms. The standard InChI is InChI=1S/C14H24/c1-7-10(3)11(4)12(5)14(6)9-13(14)8-2/h7,9-12H,1,8H2,2-6H3. The molecule has 4 unspecified atom stereocenters. The maximum Gasteiger partial charge on any atom is 0.00939 e. The van der Waals surface area contributed by atoms with Gasteiger partial charge in [-0.05, 0) is 24.2 Å². The van der Waals surface area contributed by atoms with Gasteiger partial charge in [0.15, 0.2) is 0 Å². The zero-order valence-electron chi connectivity index (χ0n) is 10.3. The third-order valence-electron chi connectivity index (χ3n) is 4.40.